The summed E-state index contributed by atoms with van der Waals surface area (Å²) in [5.41, 5.74) is 0. The molecular weight excluding hydrogens is 380 g/mol. The van der Waals surface area contributed by atoms with Gasteiger partial charge in [-0.3, -0.25) is 16.8 Å². The fourth-order valence-electron chi connectivity index (χ4n) is 0. The van der Waals surface area contributed by atoms with Crippen LogP contribution in [0.2, 0.25) is 0 Å². The van der Waals surface area contributed by atoms with E-state index in [0.717, 1.165) is 0 Å². The third-order valence-electron chi connectivity index (χ3n) is 0. The fraction of sp³-hybridized carbons (Fsp3) is 0. The maximum Gasteiger partial charge on any atom is 1.00 e. The van der Waals surface area contributed by atoms with Crippen molar-refractivity contribution in [3.8, 4) is 0 Å². The van der Waals surface area contributed by atoms with Gasteiger partial charge < -0.3 is 18.2 Å². The van der Waals surface area contributed by atoms with Crippen molar-refractivity contribution < 1.29 is 76.3 Å². The second kappa shape index (κ2) is 11.7. The van der Waals surface area contributed by atoms with E-state index in [1.54, 1.807) is 0 Å². The molecule has 0 aromatic carbocycles. The Bertz CT molecular complexity index is 219. The first kappa shape index (κ1) is 29.3. The van der Waals surface area contributed by atoms with Crippen molar-refractivity contribution in [1.82, 2.24) is 0 Å². The van der Waals surface area contributed by atoms with Gasteiger partial charge in [-0.25, -0.2) is 0 Å². The normalized spacial score (nSPS) is 8.92. The van der Waals surface area contributed by atoms with Crippen molar-refractivity contribution in [3.05, 3.63) is 0 Å². The molecular formula is AgGeLiO8S2-2. The van der Waals surface area contributed by atoms with E-state index in [9.17, 15) is 0 Å². The summed E-state index contributed by atoms with van der Waals surface area (Å²) in [6.45, 7) is 0. The summed E-state index contributed by atoms with van der Waals surface area (Å²) in [7, 11) is -10.3. The van der Waals surface area contributed by atoms with Crippen LogP contribution in [0.5, 0.6) is 0 Å². The van der Waals surface area contributed by atoms with E-state index in [4.69, 9.17) is 35.0 Å². The molecule has 0 aliphatic heterocycles. The van der Waals surface area contributed by atoms with Crippen LogP contribution in [0.15, 0.2) is 0 Å². The van der Waals surface area contributed by atoms with Crippen molar-refractivity contribution in [3.63, 3.8) is 0 Å². The zero-order chi connectivity index (χ0) is 9.00. The molecule has 0 saturated heterocycles. The molecule has 0 saturated carbocycles. The average Bonchev–Trinajstić information content (AvgIpc) is 1.12. The summed E-state index contributed by atoms with van der Waals surface area (Å²) in [6.07, 6.45) is 0. The number of hydrogen-bond acceptors (Lipinski definition) is 8. The Balaban J connectivity index is -0.0000000267. The summed E-state index contributed by atoms with van der Waals surface area (Å²) in [6, 6.07) is 0. The van der Waals surface area contributed by atoms with Crippen LogP contribution in [-0.4, -0.2) is 52.6 Å². The van der Waals surface area contributed by atoms with E-state index < -0.39 is 20.8 Å². The van der Waals surface area contributed by atoms with Crippen molar-refractivity contribution >= 4 is 38.4 Å². The third kappa shape index (κ3) is 700. The van der Waals surface area contributed by atoms with Crippen LogP contribution in [0.25, 0.3) is 0 Å². The molecule has 0 aliphatic rings. The van der Waals surface area contributed by atoms with Crippen LogP contribution >= 0.6 is 0 Å². The van der Waals surface area contributed by atoms with Gasteiger partial charge in [0, 0.05) is 38.4 Å². The molecule has 13 heteroatoms. The largest absolute Gasteiger partial charge is 1.00 e. The predicted octanol–water partition coefficient (Wildman–Crippen LogP) is -6.06. The zero-order valence-corrected chi connectivity index (χ0v) is 11.1. The second-order valence-electron chi connectivity index (χ2n) is 0.816. The van der Waals surface area contributed by atoms with Gasteiger partial charge in [-0.15, -0.1) is 0 Å². The average molecular weight is 380 g/mol. The molecule has 0 N–H and O–H groups in total. The second-order valence-corrected chi connectivity index (χ2v) is 2.45. The quantitative estimate of drug-likeness (QED) is 0.228. The molecule has 0 fully saturated rings. The Morgan fingerprint density at radius 3 is 0.692 bits per heavy atom. The smallest absolute Gasteiger partial charge is 0.759 e. The van der Waals surface area contributed by atoms with Gasteiger partial charge in [0.05, 0.1) is 0 Å². The van der Waals surface area contributed by atoms with Gasteiger partial charge in [0.15, 0.2) is 0 Å². The van der Waals surface area contributed by atoms with E-state index in [0.29, 0.717) is 0 Å². The van der Waals surface area contributed by atoms with Crippen LogP contribution in [0.4, 0.5) is 0 Å². The third-order valence-corrected chi connectivity index (χ3v) is 0. The van der Waals surface area contributed by atoms with Gasteiger partial charge in [0.1, 0.15) is 0 Å². The molecule has 8 nitrogen and oxygen atoms in total. The molecule has 78 valence electrons. The summed E-state index contributed by atoms with van der Waals surface area (Å²) in [5, 5.41) is 0. The fourth-order valence-corrected chi connectivity index (χ4v) is 0. The Kier molecular flexibility index (Phi) is 26.4. The van der Waals surface area contributed by atoms with Gasteiger partial charge in [-0.2, -0.15) is 0 Å². The molecule has 0 amide bonds. The Hall–Kier alpha value is 1.62. The molecule has 4 radical (unpaired) electrons. The minimum Gasteiger partial charge on any atom is -0.759 e. The molecule has 0 atom stereocenters. The van der Waals surface area contributed by atoms with Crippen LogP contribution in [0.3, 0.4) is 0 Å². The van der Waals surface area contributed by atoms with E-state index in [1.807, 2.05) is 0 Å². The van der Waals surface area contributed by atoms with Gasteiger partial charge in [0.2, 0.25) is 0 Å². The molecule has 0 spiro atoms. The molecule has 0 rings (SSSR count). The topological polar surface area (TPSA) is 161 Å². The Morgan fingerprint density at radius 1 is 0.692 bits per heavy atom. The summed E-state index contributed by atoms with van der Waals surface area (Å²) in [4.78, 5) is 0. The molecule has 0 aromatic rings. The first-order valence-corrected chi connectivity index (χ1v) is 4.00. The molecule has 0 heterocycles. The standard InChI is InChI=1S/Ag.Ge.Li.2H2O4S/c;;;2*1-5(2,3)4/h;;;2*(H2,1,2,3,4)/q+1;;+1;;/p-4. The van der Waals surface area contributed by atoms with E-state index in [1.165, 1.54) is 0 Å². The molecule has 0 aromatic heterocycles. The minimum absolute atomic E-state index is 0. The van der Waals surface area contributed by atoms with Gasteiger partial charge in [0.25, 0.3) is 0 Å². The van der Waals surface area contributed by atoms with Crippen molar-refractivity contribution in [2.24, 2.45) is 0 Å². The molecule has 13 heavy (non-hydrogen) atoms. The number of rotatable bonds is 0. The van der Waals surface area contributed by atoms with Crippen LogP contribution in [0, 0.1) is 0 Å². The zero-order valence-electron chi connectivity index (χ0n) is 5.88. The van der Waals surface area contributed by atoms with Gasteiger partial charge in [-0.05, 0) is 0 Å². The van der Waals surface area contributed by atoms with E-state index in [-0.39, 0.29) is 58.8 Å². The van der Waals surface area contributed by atoms with Crippen LogP contribution in [0.1, 0.15) is 0 Å². The van der Waals surface area contributed by atoms with Gasteiger partial charge >= 0.3 is 41.2 Å². The van der Waals surface area contributed by atoms with E-state index >= 15 is 0 Å². The van der Waals surface area contributed by atoms with E-state index in [2.05, 4.69) is 0 Å². The van der Waals surface area contributed by atoms with Crippen molar-refractivity contribution in [1.29, 1.82) is 0 Å². The Labute approximate surface area is 114 Å². The monoisotopic (exact) mass is 380 g/mol. The maximum atomic E-state index is 8.52. The first-order chi connectivity index (χ1) is 4.00. The SMILES string of the molecule is O=S(=O)([O-])[O-].O=S(=O)([O-])[O-].[Ag+].[Ge].[Li+]. The van der Waals surface area contributed by atoms with Gasteiger partial charge in [-0.1, -0.05) is 0 Å². The first-order valence-electron chi connectivity index (χ1n) is 1.33. The Morgan fingerprint density at radius 2 is 0.692 bits per heavy atom. The van der Waals surface area contributed by atoms with Crippen molar-refractivity contribution in [2.75, 3.05) is 0 Å². The molecule has 0 aliphatic carbocycles. The summed E-state index contributed by atoms with van der Waals surface area (Å²) >= 11 is 0. The van der Waals surface area contributed by atoms with Crippen LogP contribution in [-0.2, 0) is 43.2 Å². The molecule has 0 unspecified atom stereocenters. The van der Waals surface area contributed by atoms with Crippen LogP contribution < -0.4 is 18.9 Å². The maximum absolute atomic E-state index is 8.52. The summed E-state index contributed by atoms with van der Waals surface area (Å²) < 4.78 is 68.2. The van der Waals surface area contributed by atoms with Crippen molar-refractivity contribution in [2.45, 2.75) is 0 Å². The molecule has 0 bridgehead atoms. The summed E-state index contributed by atoms with van der Waals surface area (Å²) in [5.74, 6) is 0. The predicted molar refractivity (Wildman–Crippen MR) is 26.7 cm³/mol. The minimum atomic E-state index is -5.17. The number of hydrogen-bond donors (Lipinski definition) is 0.